The molecule has 0 unspecified atom stereocenters. The summed E-state index contributed by atoms with van der Waals surface area (Å²) in [6.45, 7) is 2.45. The van der Waals surface area contributed by atoms with Crippen molar-refractivity contribution in [3.63, 3.8) is 0 Å². The van der Waals surface area contributed by atoms with Crippen molar-refractivity contribution < 1.29 is 5.11 Å². The van der Waals surface area contributed by atoms with Crippen molar-refractivity contribution in [3.05, 3.63) is 94.3 Å². The minimum absolute atomic E-state index is 0.0853. The molecule has 0 amide bonds. The summed E-state index contributed by atoms with van der Waals surface area (Å²) >= 11 is 0. The number of aromatic hydroxyl groups is 1. The second-order valence-electron chi connectivity index (χ2n) is 6.67. The highest BCUT2D eigenvalue weighted by molar-refractivity contribution is 5.81. The van der Waals surface area contributed by atoms with E-state index in [-0.39, 0.29) is 11.3 Å². The fraction of sp³-hybridized carbons (Fsp3) is 0.130. The summed E-state index contributed by atoms with van der Waals surface area (Å²) in [6.07, 6.45) is 0.709. The zero-order valence-corrected chi connectivity index (χ0v) is 15.1. The molecule has 0 saturated carbocycles. The number of fused-ring (bicyclic) bond motifs is 1. The Hall–Kier alpha value is -3.40. The molecule has 0 aliphatic heterocycles. The third-order valence-corrected chi connectivity index (χ3v) is 4.72. The van der Waals surface area contributed by atoms with Crippen LogP contribution in [0.25, 0.3) is 22.3 Å². The lowest BCUT2D eigenvalue weighted by Gasteiger charge is -2.15. The molecule has 0 radical (unpaired) electrons. The van der Waals surface area contributed by atoms with E-state index in [1.807, 2.05) is 61.5 Å². The second-order valence-corrected chi connectivity index (χ2v) is 6.67. The summed E-state index contributed by atoms with van der Waals surface area (Å²) in [7, 11) is 0. The first-order chi connectivity index (χ1) is 13.1. The highest BCUT2D eigenvalue weighted by Crippen LogP contribution is 2.28. The van der Waals surface area contributed by atoms with Crippen LogP contribution in [0.15, 0.2) is 77.6 Å². The molecule has 0 fully saturated rings. The predicted octanol–water partition coefficient (Wildman–Crippen LogP) is 4.32. The maximum Gasteiger partial charge on any atom is 0.261 e. The number of aromatic nitrogens is 2. The van der Waals surface area contributed by atoms with Crippen LogP contribution >= 0.6 is 0 Å². The van der Waals surface area contributed by atoms with Crippen molar-refractivity contribution in [3.8, 4) is 17.1 Å². The molecule has 0 spiro atoms. The number of nitrogens with zero attached hydrogens (tertiary/aromatic N) is 2. The lowest BCUT2D eigenvalue weighted by Crippen LogP contribution is -2.24. The number of aryl methyl sites for hydroxylation is 2. The maximum atomic E-state index is 13.2. The average molecular weight is 356 g/mol. The van der Waals surface area contributed by atoms with Gasteiger partial charge in [-0.3, -0.25) is 9.36 Å². The van der Waals surface area contributed by atoms with Crippen molar-refractivity contribution in [1.82, 2.24) is 9.55 Å². The van der Waals surface area contributed by atoms with Crippen LogP contribution in [-0.4, -0.2) is 14.7 Å². The molecule has 134 valence electrons. The fourth-order valence-electron chi connectivity index (χ4n) is 3.30. The number of rotatable bonds is 4. The third-order valence-electron chi connectivity index (χ3n) is 4.72. The van der Waals surface area contributed by atoms with E-state index in [4.69, 9.17) is 4.98 Å². The first-order valence-corrected chi connectivity index (χ1v) is 8.97. The summed E-state index contributed by atoms with van der Waals surface area (Å²) in [6, 6.07) is 22.7. The van der Waals surface area contributed by atoms with Crippen LogP contribution in [0.3, 0.4) is 0 Å². The average Bonchev–Trinajstić information content (AvgIpc) is 2.69. The van der Waals surface area contributed by atoms with Crippen LogP contribution in [0, 0.1) is 6.92 Å². The molecule has 0 saturated heterocycles. The van der Waals surface area contributed by atoms with Crippen LogP contribution < -0.4 is 5.56 Å². The molecule has 0 atom stereocenters. The van der Waals surface area contributed by atoms with Crippen LogP contribution in [0.1, 0.15) is 11.1 Å². The van der Waals surface area contributed by atoms with Gasteiger partial charge in [-0.25, -0.2) is 4.98 Å². The van der Waals surface area contributed by atoms with E-state index in [9.17, 15) is 9.90 Å². The molecule has 0 aliphatic carbocycles. The zero-order chi connectivity index (χ0) is 18.8. The largest absolute Gasteiger partial charge is 0.507 e. The normalized spacial score (nSPS) is 11.0. The van der Waals surface area contributed by atoms with Gasteiger partial charge in [-0.15, -0.1) is 0 Å². The minimum Gasteiger partial charge on any atom is -0.507 e. The molecule has 0 bridgehead atoms. The molecule has 1 heterocycles. The molecule has 1 N–H and O–H groups in total. The number of para-hydroxylation sites is 1. The third kappa shape index (κ3) is 3.34. The highest BCUT2D eigenvalue weighted by Gasteiger charge is 2.15. The zero-order valence-electron chi connectivity index (χ0n) is 15.1. The molecule has 3 aromatic carbocycles. The monoisotopic (exact) mass is 356 g/mol. The van der Waals surface area contributed by atoms with Gasteiger partial charge in [0.1, 0.15) is 11.6 Å². The first-order valence-electron chi connectivity index (χ1n) is 8.97. The molecule has 4 heteroatoms. The summed E-state index contributed by atoms with van der Waals surface area (Å²) in [5, 5.41) is 10.9. The van der Waals surface area contributed by atoms with Gasteiger partial charge in [0.2, 0.25) is 0 Å². The van der Waals surface area contributed by atoms with Crippen molar-refractivity contribution in [1.29, 1.82) is 0 Å². The Labute approximate surface area is 157 Å². The number of phenols is 1. The lowest BCUT2D eigenvalue weighted by atomic mass is 10.1. The number of phenolic OH excluding ortho intramolecular Hbond substituents is 1. The maximum absolute atomic E-state index is 13.2. The summed E-state index contributed by atoms with van der Waals surface area (Å²) in [5.41, 5.74) is 3.28. The van der Waals surface area contributed by atoms with Gasteiger partial charge >= 0.3 is 0 Å². The van der Waals surface area contributed by atoms with E-state index in [0.29, 0.717) is 35.3 Å². The summed E-state index contributed by atoms with van der Waals surface area (Å²) < 4.78 is 1.67. The van der Waals surface area contributed by atoms with Crippen LogP contribution in [0.5, 0.6) is 5.75 Å². The van der Waals surface area contributed by atoms with Crippen molar-refractivity contribution in [2.45, 2.75) is 19.9 Å². The molecule has 4 nitrogen and oxygen atoms in total. The Morgan fingerprint density at radius 3 is 2.48 bits per heavy atom. The summed E-state index contributed by atoms with van der Waals surface area (Å²) in [4.78, 5) is 18.0. The first kappa shape index (κ1) is 17.0. The van der Waals surface area contributed by atoms with Crippen LogP contribution in [-0.2, 0) is 13.0 Å². The van der Waals surface area contributed by atoms with E-state index < -0.39 is 0 Å². The van der Waals surface area contributed by atoms with Gasteiger partial charge in [-0.05, 0) is 43.2 Å². The van der Waals surface area contributed by atoms with Gasteiger partial charge < -0.3 is 5.11 Å². The quantitative estimate of drug-likeness (QED) is 0.592. The minimum atomic E-state index is -0.0853. The highest BCUT2D eigenvalue weighted by atomic mass is 16.3. The number of benzene rings is 3. The van der Waals surface area contributed by atoms with Crippen molar-refractivity contribution in [2.24, 2.45) is 0 Å². The van der Waals surface area contributed by atoms with E-state index in [0.717, 1.165) is 11.1 Å². The fourth-order valence-corrected chi connectivity index (χ4v) is 3.30. The smallest absolute Gasteiger partial charge is 0.261 e. The second kappa shape index (κ2) is 7.08. The van der Waals surface area contributed by atoms with Crippen molar-refractivity contribution in [2.75, 3.05) is 0 Å². The van der Waals surface area contributed by atoms with Gasteiger partial charge in [0.25, 0.3) is 5.56 Å². The Kier molecular flexibility index (Phi) is 4.47. The van der Waals surface area contributed by atoms with Gasteiger partial charge in [0.05, 0.1) is 16.5 Å². The molecule has 1 aromatic heterocycles. The molecule has 0 aliphatic rings. The number of hydrogen-bond donors (Lipinski definition) is 1. The molecular formula is C23H20N2O2. The molecule has 27 heavy (non-hydrogen) atoms. The standard InChI is InChI=1S/C23H20N2O2/c1-16-11-12-20-19(15-16)23(27)25(14-13-17-7-3-2-4-8-17)22(24-20)18-9-5-6-10-21(18)26/h2-12,15,26H,13-14H2,1H3. The molecule has 4 rings (SSSR count). The van der Waals surface area contributed by atoms with Gasteiger partial charge in [-0.1, -0.05) is 54.1 Å². The Balaban J connectivity index is 1.90. The van der Waals surface area contributed by atoms with Gasteiger partial charge in [0.15, 0.2) is 0 Å². The predicted molar refractivity (Wildman–Crippen MR) is 108 cm³/mol. The van der Waals surface area contributed by atoms with E-state index in [1.165, 1.54) is 0 Å². The van der Waals surface area contributed by atoms with E-state index >= 15 is 0 Å². The van der Waals surface area contributed by atoms with Gasteiger partial charge in [0, 0.05) is 6.54 Å². The molecular weight excluding hydrogens is 336 g/mol. The van der Waals surface area contributed by atoms with Crippen molar-refractivity contribution >= 4 is 10.9 Å². The van der Waals surface area contributed by atoms with E-state index in [1.54, 1.807) is 22.8 Å². The van der Waals surface area contributed by atoms with Crippen LogP contribution in [0.2, 0.25) is 0 Å². The Morgan fingerprint density at radius 1 is 0.963 bits per heavy atom. The Bertz CT molecular complexity index is 1160. The topological polar surface area (TPSA) is 55.1 Å². The Morgan fingerprint density at radius 2 is 1.70 bits per heavy atom. The summed E-state index contributed by atoms with van der Waals surface area (Å²) in [5.74, 6) is 0.606. The van der Waals surface area contributed by atoms with E-state index in [2.05, 4.69) is 0 Å². The van der Waals surface area contributed by atoms with Gasteiger partial charge in [-0.2, -0.15) is 0 Å². The number of hydrogen-bond acceptors (Lipinski definition) is 3. The van der Waals surface area contributed by atoms with Crippen LogP contribution in [0.4, 0.5) is 0 Å². The lowest BCUT2D eigenvalue weighted by molar-refractivity contribution is 0.476. The SMILES string of the molecule is Cc1ccc2nc(-c3ccccc3O)n(CCc3ccccc3)c(=O)c2c1. The molecule has 4 aromatic rings.